The van der Waals surface area contributed by atoms with Gasteiger partial charge in [-0.15, -0.1) is 0 Å². The smallest absolute Gasteiger partial charge is 0.138 e. The standard InChI is InChI=1S/C20H13N3/c1-2-6-14(7-3-1)17-12-19-15(13-21-17)10-11-20-22-16-8-4-5-9-18(16)23(19)20/h1-13H. The average Bonchev–Trinajstić information content (AvgIpc) is 3.01. The molecule has 0 fully saturated rings. The molecule has 0 atom stereocenters. The Morgan fingerprint density at radius 2 is 1.57 bits per heavy atom. The van der Waals surface area contributed by atoms with E-state index >= 15 is 0 Å². The summed E-state index contributed by atoms with van der Waals surface area (Å²) in [7, 11) is 0. The number of pyridine rings is 2. The Labute approximate surface area is 132 Å². The number of para-hydroxylation sites is 2. The third-order valence-electron chi connectivity index (χ3n) is 4.22. The first-order valence-electron chi connectivity index (χ1n) is 7.61. The molecule has 0 unspecified atom stereocenters. The quantitative estimate of drug-likeness (QED) is 0.448. The Hall–Kier alpha value is -3.20. The monoisotopic (exact) mass is 295 g/mol. The number of hydrogen-bond donors (Lipinski definition) is 0. The van der Waals surface area contributed by atoms with Gasteiger partial charge in [-0.05, 0) is 30.3 Å². The lowest BCUT2D eigenvalue weighted by Gasteiger charge is -2.06. The molecule has 2 aromatic carbocycles. The number of hydrogen-bond acceptors (Lipinski definition) is 2. The summed E-state index contributed by atoms with van der Waals surface area (Å²) in [6.07, 6.45) is 1.94. The van der Waals surface area contributed by atoms with Crippen molar-refractivity contribution in [3.8, 4) is 11.3 Å². The van der Waals surface area contributed by atoms with Crippen LogP contribution in [0.1, 0.15) is 0 Å². The molecule has 3 aromatic heterocycles. The molecular weight excluding hydrogens is 282 g/mol. The zero-order chi connectivity index (χ0) is 15.2. The SMILES string of the molecule is c1ccc(-c2cc3c(ccc4nc5ccccc5n43)cn2)cc1. The molecule has 0 bridgehead atoms. The number of rotatable bonds is 1. The van der Waals surface area contributed by atoms with Crippen LogP contribution in [-0.2, 0) is 0 Å². The Morgan fingerprint density at radius 1 is 0.739 bits per heavy atom. The number of fused-ring (bicyclic) bond motifs is 5. The molecule has 0 N–H and O–H groups in total. The zero-order valence-electron chi connectivity index (χ0n) is 12.3. The molecule has 0 amide bonds. The van der Waals surface area contributed by atoms with Crippen LogP contribution < -0.4 is 0 Å². The van der Waals surface area contributed by atoms with Gasteiger partial charge in [0.15, 0.2) is 0 Å². The largest absolute Gasteiger partial charge is 0.292 e. The van der Waals surface area contributed by atoms with Crippen molar-refractivity contribution in [2.75, 3.05) is 0 Å². The van der Waals surface area contributed by atoms with Gasteiger partial charge in [0.05, 0.1) is 22.2 Å². The highest BCUT2D eigenvalue weighted by Gasteiger charge is 2.09. The first-order chi connectivity index (χ1) is 11.4. The molecule has 0 aliphatic rings. The van der Waals surface area contributed by atoms with Gasteiger partial charge >= 0.3 is 0 Å². The van der Waals surface area contributed by atoms with Crippen molar-refractivity contribution in [3.05, 3.63) is 79.0 Å². The topological polar surface area (TPSA) is 30.2 Å². The molecule has 3 heterocycles. The Balaban J connectivity index is 1.91. The summed E-state index contributed by atoms with van der Waals surface area (Å²) in [6, 6.07) is 24.8. The molecule has 0 saturated carbocycles. The lowest BCUT2D eigenvalue weighted by molar-refractivity contribution is 1.27. The maximum atomic E-state index is 4.71. The van der Waals surface area contributed by atoms with Crippen LogP contribution in [-0.4, -0.2) is 14.4 Å². The number of aromatic nitrogens is 3. The van der Waals surface area contributed by atoms with Gasteiger partial charge in [0.1, 0.15) is 5.65 Å². The van der Waals surface area contributed by atoms with Gasteiger partial charge in [0, 0.05) is 17.1 Å². The van der Waals surface area contributed by atoms with Gasteiger partial charge < -0.3 is 0 Å². The van der Waals surface area contributed by atoms with E-state index in [0.717, 1.165) is 38.8 Å². The van der Waals surface area contributed by atoms with E-state index in [4.69, 9.17) is 4.98 Å². The van der Waals surface area contributed by atoms with E-state index in [1.165, 1.54) is 0 Å². The van der Waals surface area contributed by atoms with E-state index in [0.29, 0.717) is 0 Å². The van der Waals surface area contributed by atoms with Crippen molar-refractivity contribution in [1.29, 1.82) is 0 Å². The number of imidazole rings is 1. The van der Waals surface area contributed by atoms with E-state index in [1.807, 2.05) is 42.6 Å². The van der Waals surface area contributed by atoms with Crippen molar-refractivity contribution in [2.24, 2.45) is 0 Å². The van der Waals surface area contributed by atoms with E-state index in [1.54, 1.807) is 0 Å². The number of benzene rings is 2. The van der Waals surface area contributed by atoms with Crippen molar-refractivity contribution >= 4 is 27.6 Å². The van der Waals surface area contributed by atoms with E-state index in [9.17, 15) is 0 Å². The normalized spacial score (nSPS) is 11.5. The van der Waals surface area contributed by atoms with Crippen molar-refractivity contribution in [1.82, 2.24) is 14.4 Å². The second-order valence-corrected chi connectivity index (χ2v) is 5.62. The summed E-state index contributed by atoms with van der Waals surface area (Å²) in [5.74, 6) is 0. The van der Waals surface area contributed by atoms with Crippen molar-refractivity contribution in [2.45, 2.75) is 0 Å². The minimum Gasteiger partial charge on any atom is -0.292 e. The van der Waals surface area contributed by atoms with Crippen LogP contribution in [0.3, 0.4) is 0 Å². The van der Waals surface area contributed by atoms with Gasteiger partial charge in [0.2, 0.25) is 0 Å². The highest BCUT2D eigenvalue weighted by atomic mass is 15.0. The molecule has 3 nitrogen and oxygen atoms in total. The highest BCUT2D eigenvalue weighted by molar-refractivity contribution is 5.91. The lowest BCUT2D eigenvalue weighted by atomic mass is 10.1. The summed E-state index contributed by atoms with van der Waals surface area (Å²) in [5.41, 5.74) is 6.32. The van der Waals surface area contributed by atoms with Crippen LogP contribution in [0.5, 0.6) is 0 Å². The van der Waals surface area contributed by atoms with Crippen LogP contribution in [0.25, 0.3) is 38.8 Å². The Morgan fingerprint density at radius 3 is 2.48 bits per heavy atom. The molecule has 0 aliphatic carbocycles. The second kappa shape index (κ2) is 4.65. The number of nitrogens with zero attached hydrogens (tertiary/aromatic N) is 3. The van der Waals surface area contributed by atoms with E-state index in [2.05, 4.69) is 45.8 Å². The fourth-order valence-electron chi connectivity index (χ4n) is 3.12. The Kier molecular flexibility index (Phi) is 2.50. The third-order valence-corrected chi connectivity index (χ3v) is 4.22. The summed E-state index contributed by atoms with van der Waals surface area (Å²) >= 11 is 0. The minimum absolute atomic E-state index is 0.962. The lowest BCUT2D eigenvalue weighted by Crippen LogP contribution is -1.91. The van der Waals surface area contributed by atoms with Crippen LogP contribution >= 0.6 is 0 Å². The second-order valence-electron chi connectivity index (χ2n) is 5.62. The van der Waals surface area contributed by atoms with Gasteiger partial charge in [-0.1, -0.05) is 42.5 Å². The van der Waals surface area contributed by atoms with E-state index in [-0.39, 0.29) is 0 Å². The van der Waals surface area contributed by atoms with Gasteiger partial charge in [-0.25, -0.2) is 4.98 Å². The van der Waals surface area contributed by atoms with Crippen LogP contribution in [0.15, 0.2) is 79.0 Å². The van der Waals surface area contributed by atoms with Crippen LogP contribution in [0.2, 0.25) is 0 Å². The summed E-state index contributed by atoms with van der Waals surface area (Å²) in [6.45, 7) is 0. The summed E-state index contributed by atoms with van der Waals surface area (Å²) in [4.78, 5) is 9.32. The summed E-state index contributed by atoms with van der Waals surface area (Å²) < 4.78 is 2.21. The molecule has 5 rings (SSSR count). The highest BCUT2D eigenvalue weighted by Crippen LogP contribution is 2.26. The van der Waals surface area contributed by atoms with E-state index < -0.39 is 0 Å². The molecular formula is C20H13N3. The predicted octanol–water partition coefficient (Wildman–Crippen LogP) is 4.70. The maximum Gasteiger partial charge on any atom is 0.138 e. The van der Waals surface area contributed by atoms with Crippen LogP contribution in [0, 0.1) is 0 Å². The molecule has 5 aromatic rings. The molecule has 3 heteroatoms. The third kappa shape index (κ3) is 1.83. The fourth-order valence-corrected chi connectivity index (χ4v) is 3.12. The predicted molar refractivity (Wildman–Crippen MR) is 93.4 cm³/mol. The van der Waals surface area contributed by atoms with Gasteiger partial charge in [-0.2, -0.15) is 0 Å². The maximum absolute atomic E-state index is 4.71. The molecule has 108 valence electrons. The van der Waals surface area contributed by atoms with Crippen molar-refractivity contribution in [3.63, 3.8) is 0 Å². The molecule has 0 saturated heterocycles. The molecule has 0 radical (unpaired) electrons. The fraction of sp³-hybridized carbons (Fsp3) is 0. The first-order valence-corrected chi connectivity index (χ1v) is 7.61. The first kappa shape index (κ1) is 12.4. The average molecular weight is 295 g/mol. The molecule has 0 aliphatic heterocycles. The van der Waals surface area contributed by atoms with Crippen molar-refractivity contribution < 1.29 is 0 Å². The summed E-state index contributed by atoms with van der Waals surface area (Å²) in [5, 5.41) is 1.11. The zero-order valence-corrected chi connectivity index (χ0v) is 12.3. The van der Waals surface area contributed by atoms with Gasteiger partial charge in [-0.3, -0.25) is 9.38 Å². The van der Waals surface area contributed by atoms with Crippen LogP contribution in [0.4, 0.5) is 0 Å². The molecule has 0 spiro atoms. The van der Waals surface area contributed by atoms with Gasteiger partial charge in [0.25, 0.3) is 0 Å². The Bertz CT molecular complexity index is 1160. The minimum atomic E-state index is 0.962. The molecule has 23 heavy (non-hydrogen) atoms.